The van der Waals surface area contributed by atoms with Gasteiger partial charge in [0.05, 0.1) is 5.54 Å². The Bertz CT molecular complexity index is 639. The van der Waals surface area contributed by atoms with Gasteiger partial charge in [0, 0.05) is 10.9 Å². The van der Waals surface area contributed by atoms with Crippen LogP contribution in [0.2, 0.25) is 0 Å². The van der Waals surface area contributed by atoms with E-state index in [1.807, 2.05) is 69.3 Å². The van der Waals surface area contributed by atoms with Crippen molar-refractivity contribution in [2.24, 2.45) is 0 Å². The molecule has 0 bridgehead atoms. The summed E-state index contributed by atoms with van der Waals surface area (Å²) in [6.45, 7) is 6.03. The Labute approximate surface area is 134 Å². The Morgan fingerprint density at radius 2 is 1.76 bits per heavy atom. The zero-order chi connectivity index (χ0) is 15.5. The second-order valence-corrected chi connectivity index (χ2v) is 6.09. The van der Waals surface area contributed by atoms with Crippen LogP contribution in [0.4, 0.5) is 0 Å². The maximum absolute atomic E-state index is 12.6. The van der Waals surface area contributed by atoms with Gasteiger partial charge in [-0.05, 0) is 43.5 Å². The van der Waals surface area contributed by atoms with Gasteiger partial charge < -0.3 is 5.32 Å². The zero-order valence-corrected chi connectivity index (χ0v) is 14.2. The lowest BCUT2D eigenvalue weighted by atomic mass is 9.93. The lowest BCUT2D eigenvalue weighted by Gasteiger charge is -2.30. The van der Waals surface area contributed by atoms with Crippen molar-refractivity contribution in [3.63, 3.8) is 0 Å². The maximum Gasteiger partial charge on any atom is 0.252 e. The summed E-state index contributed by atoms with van der Waals surface area (Å²) in [7, 11) is 0. The smallest absolute Gasteiger partial charge is 0.252 e. The quantitative estimate of drug-likeness (QED) is 0.820. The van der Waals surface area contributed by atoms with Crippen molar-refractivity contribution in [2.75, 3.05) is 5.33 Å². The van der Waals surface area contributed by atoms with Crippen LogP contribution in [-0.2, 0) is 5.54 Å². The summed E-state index contributed by atoms with van der Waals surface area (Å²) in [5, 5.41) is 3.81. The minimum absolute atomic E-state index is 0.0398. The third-order valence-corrected chi connectivity index (χ3v) is 5.04. The Morgan fingerprint density at radius 1 is 1.10 bits per heavy atom. The molecule has 0 aliphatic heterocycles. The molecule has 0 heterocycles. The van der Waals surface area contributed by atoms with Crippen molar-refractivity contribution >= 4 is 21.8 Å². The molecule has 2 rings (SSSR count). The van der Waals surface area contributed by atoms with Gasteiger partial charge >= 0.3 is 0 Å². The largest absolute Gasteiger partial charge is 0.342 e. The first-order valence-electron chi connectivity index (χ1n) is 6.98. The van der Waals surface area contributed by atoms with E-state index in [1.165, 1.54) is 0 Å². The molecule has 0 fully saturated rings. The normalized spacial score (nSPS) is 13.5. The highest BCUT2D eigenvalue weighted by Gasteiger charge is 2.28. The summed E-state index contributed by atoms with van der Waals surface area (Å²) in [6.07, 6.45) is 0. The summed E-state index contributed by atoms with van der Waals surface area (Å²) < 4.78 is 0. The molecule has 3 heteroatoms. The van der Waals surface area contributed by atoms with Crippen LogP contribution in [0, 0.1) is 13.8 Å². The highest BCUT2D eigenvalue weighted by Crippen LogP contribution is 2.24. The molecule has 0 saturated heterocycles. The number of hydrogen-bond donors (Lipinski definition) is 1. The van der Waals surface area contributed by atoms with Gasteiger partial charge in [0.25, 0.3) is 5.91 Å². The van der Waals surface area contributed by atoms with Crippen LogP contribution in [0.15, 0.2) is 48.5 Å². The molecule has 1 unspecified atom stereocenters. The average Bonchev–Trinajstić information content (AvgIpc) is 2.50. The fourth-order valence-electron chi connectivity index (χ4n) is 2.30. The van der Waals surface area contributed by atoms with Gasteiger partial charge in [-0.15, -0.1) is 0 Å². The Kier molecular flexibility index (Phi) is 4.84. The van der Waals surface area contributed by atoms with Gasteiger partial charge in [-0.1, -0.05) is 58.4 Å². The topological polar surface area (TPSA) is 29.1 Å². The highest BCUT2D eigenvalue weighted by molar-refractivity contribution is 9.09. The molecule has 110 valence electrons. The zero-order valence-electron chi connectivity index (χ0n) is 12.6. The number of carbonyl (C=O) groups excluding carboxylic acids is 1. The van der Waals surface area contributed by atoms with Gasteiger partial charge in [-0.25, -0.2) is 0 Å². The van der Waals surface area contributed by atoms with Crippen molar-refractivity contribution in [3.8, 4) is 0 Å². The Balaban J connectivity index is 2.30. The van der Waals surface area contributed by atoms with E-state index in [-0.39, 0.29) is 5.91 Å². The lowest BCUT2D eigenvalue weighted by molar-refractivity contribution is 0.0913. The summed E-state index contributed by atoms with van der Waals surface area (Å²) in [4.78, 5) is 12.6. The van der Waals surface area contributed by atoms with Crippen molar-refractivity contribution in [1.29, 1.82) is 0 Å². The van der Waals surface area contributed by atoms with Gasteiger partial charge in [0.15, 0.2) is 0 Å². The number of rotatable bonds is 4. The van der Waals surface area contributed by atoms with Crippen molar-refractivity contribution < 1.29 is 4.79 Å². The van der Waals surface area contributed by atoms with Crippen LogP contribution in [0.5, 0.6) is 0 Å². The van der Waals surface area contributed by atoms with Crippen LogP contribution in [-0.4, -0.2) is 11.2 Å². The lowest BCUT2D eigenvalue weighted by Crippen LogP contribution is -2.45. The third kappa shape index (κ3) is 3.35. The Morgan fingerprint density at radius 3 is 2.38 bits per heavy atom. The number of aryl methyl sites for hydroxylation is 1. The first kappa shape index (κ1) is 15.8. The van der Waals surface area contributed by atoms with E-state index < -0.39 is 5.54 Å². The summed E-state index contributed by atoms with van der Waals surface area (Å²) >= 11 is 3.53. The molecular weight excluding hydrogens is 326 g/mol. The monoisotopic (exact) mass is 345 g/mol. The first-order valence-corrected chi connectivity index (χ1v) is 8.10. The molecule has 2 aromatic rings. The van der Waals surface area contributed by atoms with E-state index in [0.29, 0.717) is 5.33 Å². The fourth-order valence-corrected chi connectivity index (χ4v) is 2.77. The minimum Gasteiger partial charge on any atom is -0.342 e. The fraction of sp³-hybridized carbons (Fsp3) is 0.278. The van der Waals surface area contributed by atoms with Crippen LogP contribution < -0.4 is 5.32 Å². The van der Waals surface area contributed by atoms with Gasteiger partial charge in [0.2, 0.25) is 0 Å². The Hall–Kier alpha value is -1.61. The van der Waals surface area contributed by atoms with Gasteiger partial charge in [-0.3, -0.25) is 4.79 Å². The minimum atomic E-state index is -0.436. The average molecular weight is 346 g/mol. The van der Waals surface area contributed by atoms with Crippen LogP contribution >= 0.6 is 15.9 Å². The summed E-state index contributed by atoms with van der Waals surface area (Å²) in [6, 6.07) is 15.8. The number of amides is 1. The molecule has 0 spiro atoms. The van der Waals surface area contributed by atoms with Crippen LogP contribution in [0.1, 0.15) is 34.0 Å². The molecule has 0 aliphatic carbocycles. The number of carbonyl (C=O) groups is 1. The first-order chi connectivity index (χ1) is 9.98. The molecule has 1 N–H and O–H groups in total. The second kappa shape index (κ2) is 6.44. The summed E-state index contributed by atoms with van der Waals surface area (Å²) in [5.74, 6) is -0.0398. The number of nitrogens with one attached hydrogen (secondary N) is 1. The second-order valence-electron chi connectivity index (χ2n) is 5.53. The van der Waals surface area contributed by atoms with Crippen LogP contribution in [0.3, 0.4) is 0 Å². The predicted octanol–water partition coefficient (Wildman–Crippen LogP) is 4.34. The van der Waals surface area contributed by atoms with E-state index in [4.69, 9.17) is 0 Å². The van der Waals surface area contributed by atoms with Crippen molar-refractivity contribution in [1.82, 2.24) is 5.32 Å². The van der Waals surface area contributed by atoms with Gasteiger partial charge in [0.1, 0.15) is 0 Å². The van der Waals surface area contributed by atoms with E-state index in [9.17, 15) is 4.79 Å². The van der Waals surface area contributed by atoms with E-state index in [0.717, 1.165) is 22.3 Å². The molecule has 1 amide bonds. The number of alkyl halides is 1. The van der Waals surface area contributed by atoms with Crippen LogP contribution in [0.25, 0.3) is 0 Å². The van der Waals surface area contributed by atoms with Crippen molar-refractivity contribution in [2.45, 2.75) is 26.3 Å². The van der Waals surface area contributed by atoms with Crippen molar-refractivity contribution in [3.05, 3.63) is 70.8 Å². The van der Waals surface area contributed by atoms with Gasteiger partial charge in [-0.2, -0.15) is 0 Å². The van der Waals surface area contributed by atoms with E-state index in [1.54, 1.807) is 0 Å². The molecule has 21 heavy (non-hydrogen) atoms. The van der Waals surface area contributed by atoms with E-state index >= 15 is 0 Å². The standard InChI is InChI=1S/C18H20BrNO/c1-13-8-7-11-16(14(13)2)17(21)20-18(3,12-19)15-9-5-4-6-10-15/h4-11H,12H2,1-3H3,(H,20,21). The predicted molar refractivity (Wildman–Crippen MR) is 91.0 cm³/mol. The molecule has 0 radical (unpaired) electrons. The summed E-state index contributed by atoms with van der Waals surface area (Å²) in [5.41, 5.74) is 3.54. The SMILES string of the molecule is Cc1cccc(C(=O)NC(C)(CBr)c2ccccc2)c1C. The molecule has 2 aromatic carbocycles. The highest BCUT2D eigenvalue weighted by atomic mass is 79.9. The molecule has 0 aliphatic rings. The molecule has 0 saturated carbocycles. The molecule has 2 nitrogen and oxygen atoms in total. The number of halogens is 1. The molecular formula is C18H20BrNO. The number of benzene rings is 2. The van der Waals surface area contributed by atoms with E-state index in [2.05, 4.69) is 21.2 Å². The molecule has 0 aromatic heterocycles. The molecule has 1 atom stereocenters. The number of hydrogen-bond acceptors (Lipinski definition) is 1. The maximum atomic E-state index is 12.6. The third-order valence-electron chi connectivity index (χ3n) is 3.92.